The van der Waals surface area contributed by atoms with E-state index in [2.05, 4.69) is 22.8 Å². The van der Waals surface area contributed by atoms with E-state index in [1.54, 1.807) is 34.4 Å². The number of carbonyl (C=O) groups excluding carboxylic acids is 2. The molecule has 8 heteroatoms. The molecule has 0 aliphatic carbocycles. The van der Waals surface area contributed by atoms with Crippen molar-refractivity contribution < 1.29 is 9.59 Å². The standard InChI is InChI=1S/C26H23N5O2S/c32-24(28-21-9-11-22(12-10-21)31-15-14-27-26(31)33)13-8-20-18-30(17-19-5-2-1-3-6-19)29-25(20)23-7-4-16-34-23/h1-13,16,18H,14-15,17H2,(H,27,33)(H,28,32)/b13-8+. The Morgan fingerprint density at radius 2 is 1.91 bits per heavy atom. The number of nitrogens with zero attached hydrogens (tertiary/aromatic N) is 3. The Labute approximate surface area is 201 Å². The second kappa shape index (κ2) is 9.76. The maximum atomic E-state index is 12.6. The first-order chi connectivity index (χ1) is 16.7. The minimum absolute atomic E-state index is 0.103. The number of hydrogen-bond acceptors (Lipinski definition) is 4. The van der Waals surface area contributed by atoms with Gasteiger partial charge in [0.2, 0.25) is 5.91 Å². The van der Waals surface area contributed by atoms with Gasteiger partial charge in [-0.1, -0.05) is 36.4 Å². The van der Waals surface area contributed by atoms with E-state index in [9.17, 15) is 9.59 Å². The average molecular weight is 470 g/mol. The topological polar surface area (TPSA) is 79.3 Å². The monoisotopic (exact) mass is 469 g/mol. The highest BCUT2D eigenvalue weighted by Crippen LogP contribution is 2.28. The fourth-order valence-electron chi connectivity index (χ4n) is 3.81. The van der Waals surface area contributed by atoms with Crippen LogP contribution in [-0.2, 0) is 11.3 Å². The second-order valence-electron chi connectivity index (χ2n) is 7.85. The van der Waals surface area contributed by atoms with Crippen molar-refractivity contribution in [2.24, 2.45) is 0 Å². The summed E-state index contributed by atoms with van der Waals surface area (Å²) in [6.45, 7) is 1.93. The van der Waals surface area contributed by atoms with Gasteiger partial charge in [0.05, 0.1) is 11.4 Å². The summed E-state index contributed by atoms with van der Waals surface area (Å²) in [4.78, 5) is 27.1. The van der Waals surface area contributed by atoms with Crippen molar-refractivity contribution in [1.82, 2.24) is 15.1 Å². The molecule has 4 aromatic rings. The first kappa shape index (κ1) is 21.7. The Hall–Kier alpha value is -4.17. The first-order valence-corrected chi connectivity index (χ1v) is 11.8. The molecule has 0 unspecified atom stereocenters. The number of amides is 3. The third-order valence-corrected chi connectivity index (χ3v) is 6.33. The molecule has 1 aliphatic rings. The van der Waals surface area contributed by atoms with Gasteiger partial charge in [-0.25, -0.2) is 4.79 Å². The third kappa shape index (κ3) is 4.92. The number of urea groups is 1. The van der Waals surface area contributed by atoms with Gasteiger partial charge in [-0.05, 0) is 47.4 Å². The van der Waals surface area contributed by atoms with Crippen molar-refractivity contribution in [2.45, 2.75) is 6.54 Å². The van der Waals surface area contributed by atoms with E-state index in [-0.39, 0.29) is 11.9 Å². The lowest BCUT2D eigenvalue weighted by Crippen LogP contribution is -2.27. The Bertz CT molecular complexity index is 1310. The highest BCUT2D eigenvalue weighted by atomic mass is 32.1. The minimum Gasteiger partial charge on any atom is -0.336 e. The largest absolute Gasteiger partial charge is 0.336 e. The first-order valence-electron chi connectivity index (χ1n) is 11.0. The van der Waals surface area contributed by atoms with Crippen molar-refractivity contribution in [3.05, 3.63) is 95.5 Å². The quantitative estimate of drug-likeness (QED) is 0.380. The van der Waals surface area contributed by atoms with Gasteiger partial charge >= 0.3 is 6.03 Å². The summed E-state index contributed by atoms with van der Waals surface area (Å²) >= 11 is 1.62. The number of anilines is 2. The fourth-order valence-corrected chi connectivity index (χ4v) is 4.54. The van der Waals surface area contributed by atoms with E-state index in [4.69, 9.17) is 5.10 Å². The molecular weight excluding hydrogens is 446 g/mol. The molecule has 0 atom stereocenters. The van der Waals surface area contributed by atoms with E-state index in [0.29, 0.717) is 25.3 Å². The maximum absolute atomic E-state index is 12.6. The molecule has 3 heterocycles. The number of carbonyl (C=O) groups is 2. The normalized spacial score (nSPS) is 13.4. The van der Waals surface area contributed by atoms with E-state index in [1.807, 2.05) is 58.7 Å². The molecular formula is C26H23N5O2S. The molecule has 3 amide bonds. The van der Waals surface area contributed by atoms with Gasteiger partial charge in [0.15, 0.2) is 0 Å². The van der Waals surface area contributed by atoms with Crippen LogP contribution in [0.15, 0.2) is 84.4 Å². The van der Waals surface area contributed by atoms with Crippen LogP contribution in [0.5, 0.6) is 0 Å². The fraction of sp³-hybridized carbons (Fsp3) is 0.115. The van der Waals surface area contributed by atoms with Gasteiger partial charge in [0.25, 0.3) is 0 Å². The molecule has 34 heavy (non-hydrogen) atoms. The minimum atomic E-state index is -0.236. The number of thiophene rings is 1. The van der Waals surface area contributed by atoms with E-state index in [0.717, 1.165) is 27.4 Å². The van der Waals surface area contributed by atoms with Crippen molar-refractivity contribution in [2.75, 3.05) is 23.3 Å². The molecule has 1 fully saturated rings. The summed E-state index contributed by atoms with van der Waals surface area (Å²) in [6.07, 6.45) is 5.27. The van der Waals surface area contributed by atoms with Gasteiger partial charge in [-0.3, -0.25) is 14.4 Å². The SMILES string of the molecule is O=C(/C=C/c1cn(Cc2ccccc2)nc1-c1cccs1)Nc1ccc(N2CCNC2=O)cc1. The van der Waals surface area contributed by atoms with Crippen LogP contribution in [0.2, 0.25) is 0 Å². The van der Waals surface area contributed by atoms with Crippen molar-refractivity contribution in [1.29, 1.82) is 0 Å². The Morgan fingerprint density at radius 1 is 1.09 bits per heavy atom. The molecule has 170 valence electrons. The zero-order chi connectivity index (χ0) is 23.3. The summed E-state index contributed by atoms with van der Waals surface area (Å²) in [7, 11) is 0. The summed E-state index contributed by atoms with van der Waals surface area (Å²) in [6, 6.07) is 21.3. The Morgan fingerprint density at radius 3 is 2.62 bits per heavy atom. The van der Waals surface area contributed by atoms with Gasteiger partial charge in [0.1, 0.15) is 5.69 Å². The lowest BCUT2D eigenvalue weighted by Gasteiger charge is -2.14. The van der Waals surface area contributed by atoms with Crippen molar-refractivity contribution in [3.8, 4) is 10.6 Å². The number of hydrogen-bond donors (Lipinski definition) is 2. The zero-order valence-electron chi connectivity index (χ0n) is 18.3. The second-order valence-corrected chi connectivity index (χ2v) is 8.79. The molecule has 0 bridgehead atoms. The third-order valence-electron chi connectivity index (χ3n) is 5.45. The Balaban J connectivity index is 1.30. The smallest absolute Gasteiger partial charge is 0.321 e. The van der Waals surface area contributed by atoms with Crippen LogP contribution >= 0.6 is 11.3 Å². The lowest BCUT2D eigenvalue weighted by atomic mass is 10.2. The number of nitrogens with one attached hydrogen (secondary N) is 2. The van der Waals surface area contributed by atoms with Gasteiger partial charge in [0, 0.05) is 42.3 Å². The Kier molecular flexibility index (Phi) is 6.22. The number of rotatable bonds is 7. The van der Waals surface area contributed by atoms with E-state index >= 15 is 0 Å². The summed E-state index contributed by atoms with van der Waals surface area (Å²) in [5.74, 6) is -0.236. The highest BCUT2D eigenvalue weighted by Gasteiger charge is 2.20. The van der Waals surface area contributed by atoms with E-state index in [1.165, 1.54) is 6.08 Å². The molecule has 2 aromatic carbocycles. The lowest BCUT2D eigenvalue weighted by molar-refractivity contribution is -0.111. The molecule has 1 aliphatic heterocycles. The van der Waals surface area contributed by atoms with Crippen LogP contribution in [0.4, 0.5) is 16.2 Å². The van der Waals surface area contributed by atoms with E-state index < -0.39 is 0 Å². The van der Waals surface area contributed by atoms with Gasteiger partial charge in [-0.2, -0.15) is 5.10 Å². The summed E-state index contributed by atoms with van der Waals surface area (Å²) in [5.41, 5.74) is 4.35. The molecule has 5 rings (SSSR count). The predicted molar refractivity (Wildman–Crippen MR) is 136 cm³/mol. The molecule has 2 aromatic heterocycles. The number of benzene rings is 2. The predicted octanol–water partition coefficient (Wildman–Crippen LogP) is 4.84. The van der Waals surface area contributed by atoms with Crippen molar-refractivity contribution >= 4 is 40.7 Å². The van der Waals surface area contributed by atoms with Crippen LogP contribution < -0.4 is 15.5 Å². The van der Waals surface area contributed by atoms with Crippen molar-refractivity contribution in [3.63, 3.8) is 0 Å². The van der Waals surface area contributed by atoms with Crippen LogP contribution in [0, 0.1) is 0 Å². The molecule has 0 saturated carbocycles. The molecule has 1 saturated heterocycles. The number of aromatic nitrogens is 2. The highest BCUT2D eigenvalue weighted by molar-refractivity contribution is 7.13. The average Bonchev–Trinajstić information content (AvgIpc) is 3.60. The summed E-state index contributed by atoms with van der Waals surface area (Å²) in [5, 5.41) is 12.4. The van der Waals surface area contributed by atoms with Crippen LogP contribution in [0.25, 0.3) is 16.6 Å². The van der Waals surface area contributed by atoms with Crippen LogP contribution in [0.1, 0.15) is 11.1 Å². The maximum Gasteiger partial charge on any atom is 0.321 e. The van der Waals surface area contributed by atoms with Crippen LogP contribution in [-0.4, -0.2) is 34.8 Å². The van der Waals surface area contributed by atoms with Crippen LogP contribution in [0.3, 0.4) is 0 Å². The zero-order valence-corrected chi connectivity index (χ0v) is 19.2. The molecule has 0 radical (unpaired) electrons. The molecule has 7 nitrogen and oxygen atoms in total. The van der Waals surface area contributed by atoms with Gasteiger partial charge < -0.3 is 10.6 Å². The summed E-state index contributed by atoms with van der Waals surface area (Å²) < 4.78 is 1.90. The molecule has 2 N–H and O–H groups in total. The molecule has 0 spiro atoms. The van der Waals surface area contributed by atoms with Gasteiger partial charge in [-0.15, -0.1) is 11.3 Å².